The third-order valence-corrected chi connectivity index (χ3v) is 26.3. The smallest absolute Gasteiger partial charge is 0.0546 e. The van der Waals surface area contributed by atoms with Crippen molar-refractivity contribution in [1.82, 2.24) is 0 Å². The third-order valence-electron chi connectivity index (χ3n) is 26.3. The van der Waals surface area contributed by atoms with E-state index < -0.39 is 0 Å². The molecule has 0 spiro atoms. The summed E-state index contributed by atoms with van der Waals surface area (Å²) in [6, 6.07) is 171. The molecule has 0 radical (unpaired) electrons. The molecule has 0 N–H and O–H groups in total. The molecule has 22 rings (SSSR count). The van der Waals surface area contributed by atoms with Crippen LogP contribution in [-0.2, 0) is 10.8 Å². The molecule has 0 saturated heterocycles. The summed E-state index contributed by atoms with van der Waals surface area (Å²) in [5.41, 5.74) is 42.4. The van der Waals surface area contributed by atoms with E-state index in [1.54, 1.807) is 0 Å². The van der Waals surface area contributed by atoms with Crippen LogP contribution in [-0.4, -0.2) is 0 Å². The van der Waals surface area contributed by atoms with Gasteiger partial charge >= 0.3 is 0 Å². The van der Waals surface area contributed by atoms with Gasteiger partial charge in [0, 0.05) is 44.4 Å². The first kappa shape index (κ1) is 74.8. The van der Waals surface area contributed by atoms with Crippen LogP contribution in [0.4, 0.5) is 34.1 Å². The Kier molecular flexibility index (Phi) is 18.7. The topological polar surface area (TPSA) is 6.48 Å². The summed E-state index contributed by atoms with van der Waals surface area (Å²) in [6.07, 6.45) is 0. The highest BCUT2D eigenvalue weighted by atomic mass is 15.2. The van der Waals surface area contributed by atoms with Crippen molar-refractivity contribution >= 4 is 55.7 Å². The van der Waals surface area contributed by atoms with Crippen molar-refractivity contribution in [3.63, 3.8) is 0 Å². The van der Waals surface area contributed by atoms with E-state index >= 15 is 0 Å². The van der Waals surface area contributed by atoms with Gasteiger partial charge in [0.1, 0.15) is 0 Å². The molecule has 0 amide bonds. The highest BCUT2D eigenvalue weighted by Crippen LogP contribution is 2.57. The maximum absolute atomic E-state index is 2.53. The summed E-state index contributed by atoms with van der Waals surface area (Å²) >= 11 is 0. The fraction of sp³-hybridized carbons (Fsp3) is 0.0492. The van der Waals surface area contributed by atoms with E-state index in [2.05, 4.69) is 499 Å². The van der Waals surface area contributed by atoms with Gasteiger partial charge < -0.3 is 9.80 Å². The minimum Gasteiger partial charge on any atom is -0.310 e. The van der Waals surface area contributed by atoms with Gasteiger partial charge in [-0.15, -0.1) is 0 Å². The molecule has 0 aliphatic heterocycles. The lowest BCUT2D eigenvalue weighted by molar-refractivity contribution is 0.660. The van der Waals surface area contributed by atoms with Crippen LogP contribution in [0.5, 0.6) is 0 Å². The SMILES string of the molecule is CC1(C)c2cc(-c3ccccc3)ccc2-c2ccc(N(c3ccc(-c4ccc(-c5cccc6cc(-c7cccc(-c8ccc9c(c8)C(C)(C)c8cc(N(c%10cccc(-c%11ccccc%11)c%10-c%10ccccc%10-c%10ccccc%10)c%10cccc%11ccccc%10%11)ccc8-9)c7)ccc56)cc4)cc3)c3cccc(-c4ccccc4)c3-c3ccccc3-c3ccccc3)cc21. The maximum Gasteiger partial charge on any atom is 0.0546 e. The second-order valence-corrected chi connectivity index (χ2v) is 34.2. The highest BCUT2D eigenvalue weighted by Gasteiger charge is 2.39. The molecule has 0 fully saturated rings. The Hall–Kier alpha value is -15.5. The fourth-order valence-corrected chi connectivity index (χ4v) is 20.1. The van der Waals surface area contributed by atoms with Crippen molar-refractivity contribution in [2.24, 2.45) is 0 Å². The van der Waals surface area contributed by atoms with Gasteiger partial charge in [-0.1, -0.05) is 410 Å². The van der Waals surface area contributed by atoms with Gasteiger partial charge in [0.05, 0.1) is 17.1 Å². The van der Waals surface area contributed by atoms with E-state index in [0.29, 0.717) is 0 Å². The lowest BCUT2D eigenvalue weighted by Gasteiger charge is -2.32. The summed E-state index contributed by atoms with van der Waals surface area (Å²) < 4.78 is 0. The molecule has 124 heavy (non-hydrogen) atoms. The zero-order chi connectivity index (χ0) is 83.0. The number of anilines is 6. The van der Waals surface area contributed by atoms with Gasteiger partial charge in [0.2, 0.25) is 0 Å². The van der Waals surface area contributed by atoms with Crippen LogP contribution in [0.2, 0.25) is 0 Å². The van der Waals surface area contributed by atoms with Crippen LogP contribution in [0.25, 0.3) is 166 Å². The number of nitrogens with zero attached hydrogens (tertiary/aromatic N) is 2. The summed E-state index contributed by atoms with van der Waals surface area (Å²) in [5.74, 6) is 0. The largest absolute Gasteiger partial charge is 0.310 e. The molecule has 2 heteroatoms. The van der Waals surface area contributed by atoms with Gasteiger partial charge in [-0.05, 0) is 251 Å². The fourth-order valence-electron chi connectivity index (χ4n) is 20.1. The Bertz CT molecular complexity index is 7490. The van der Waals surface area contributed by atoms with Crippen LogP contribution in [0.1, 0.15) is 49.9 Å². The predicted octanol–water partition coefficient (Wildman–Crippen LogP) is 33.9. The average molecular weight is 1580 g/mol. The zero-order valence-corrected chi connectivity index (χ0v) is 69.8. The lowest BCUT2D eigenvalue weighted by atomic mass is 9.81. The molecule has 2 aliphatic carbocycles. The Morgan fingerprint density at radius 1 is 0.153 bits per heavy atom. The van der Waals surface area contributed by atoms with Crippen molar-refractivity contribution in [2.45, 2.75) is 38.5 Å². The summed E-state index contributed by atoms with van der Waals surface area (Å²) in [7, 11) is 0. The second-order valence-electron chi connectivity index (χ2n) is 34.2. The first-order chi connectivity index (χ1) is 61.0. The molecule has 20 aromatic rings. The van der Waals surface area contributed by atoms with Crippen LogP contribution in [0.3, 0.4) is 0 Å². The summed E-state index contributed by atoms with van der Waals surface area (Å²) in [4.78, 5) is 5.04. The quantitative estimate of drug-likeness (QED) is 0.0896. The Morgan fingerprint density at radius 3 is 0.984 bits per heavy atom. The number of fused-ring (bicyclic) bond motifs is 8. The molecule has 0 saturated carbocycles. The Balaban J connectivity index is 0.572. The molecule has 2 aliphatic rings. The van der Waals surface area contributed by atoms with Crippen LogP contribution in [0, 0.1) is 0 Å². The lowest BCUT2D eigenvalue weighted by Crippen LogP contribution is -2.17. The molecular formula is C122H88N2. The molecule has 0 aromatic heterocycles. The monoisotopic (exact) mass is 1580 g/mol. The number of rotatable bonds is 17. The van der Waals surface area contributed by atoms with Crippen molar-refractivity contribution < 1.29 is 0 Å². The third kappa shape index (κ3) is 13.1. The van der Waals surface area contributed by atoms with Crippen LogP contribution in [0.15, 0.2) is 461 Å². The van der Waals surface area contributed by atoms with E-state index in [1.165, 1.54) is 172 Å². The van der Waals surface area contributed by atoms with Gasteiger partial charge in [-0.3, -0.25) is 0 Å². The molecular weight excluding hydrogens is 1490 g/mol. The van der Waals surface area contributed by atoms with Crippen molar-refractivity contribution in [3.8, 4) is 145 Å². The second kappa shape index (κ2) is 31.0. The van der Waals surface area contributed by atoms with E-state index in [9.17, 15) is 0 Å². The first-order valence-electron chi connectivity index (χ1n) is 43.3. The van der Waals surface area contributed by atoms with Crippen LogP contribution >= 0.6 is 0 Å². The molecule has 0 atom stereocenters. The van der Waals surface area contributed by atoms with E-state index in [-0.39, 0.29) is 10.8 Å². The minimum atomic E-state index is -0.329. The first-order valence-corrected chi connectivity index (χ1v) is 43.3. The Labute approximate surface area is 726 Å². The molecule has 0 bridgehead atoms. The molecule has 0 unspecified atom stereocenters. The van der Waals surface area contributed by atoms with Crippen LogP contribution < -0.4 is 9.80 Å². The minimum absolute atomic E-state index is 0.271. The van der Waals surface area contributed by atoms with E-state index in [4.69, 9.17) is 0 Å². The molecule has 586 valence electrons. The van der Waals surface area contributed by atoms with Gasteiger partial charge in [-0.25, -0.2) is 0 Å². The van der Waals surface area contributed by atoms with E-state index in [0.717, 1.165) is 50.8 Å². The number of hydrogen-bond acceptors (Lipinski definition) is 2. The maximum atomic E-state index is 2.53. The van der Waals surface area contributed by atoms with Crippen molar-refractivity contribution in [3.05, 3.63) is 483 Å². The molecule has 20 aromatic carbocycles. The zero-order valence-electron chi connectivity index (χ0n) is 69.8. The standard InChI is InChI=1S/C122H88N2/c1-121(2)112-77-93(81-31-10-5-11-32-81)64-71-106(112)108-73-68-97(79-114(108)121)123(117-55-29-52-104(87-37-16-8-17-38-87)119(117)110-49-24-22-46-100(110)84-33-12-6-13-34-84)96-66-61-83(62-67-96)82-57-59-89(60-58-82)99-51-27-45-95-76-92(63-70-102(95)99)90-43-26-44-91(75-90)94-65-72-107-109-74-69-98(80-115(109)122(3,4)113(107)78-94)124(116-54-28-42-86-41-20-21-48-103(86)116)118-56-30-53-105(88-39-18-9-19-40-88)120(118)111-50-25-23-47-101(111)85-35-14-7-15-36-85/h5-80H,1-4H3. The van der Waals surface area contributed by atoms with E-state index in [1.807, 2.05) is 0 Å². The van der Waals surface area contributed by atoms with Gasteiger partial charge in [0.25, 0.3) is 0 Å². The van der Waals surface area contributed by atoms with Gasteiger partial charge in [-0.2, -0.15) is 0 Å². The number of benzene rings is 20. The summed E-state index contributed by atoms with van der Waals surface area (Å²) in [5, 5.41) is 4.80. The molecule has 0 heterocycles. The number of hydrogen-bond donors (Lipinski definition) is 0. The van der Waals surface area contributed by atoms with Crippen molar-refractivity contribution in [2.75, 3.05) is 9.80 Å². The average Bonchev–Trinajstić information content (AvgIpc) is 1.36. The van der Waals surface area contributed by atoms with Gasteiger partial charge in [0.15, 0.2) is 0 Å². The van der Waals surface area contributed by atoms with Crippen molar-refractivity contribution in [1.29, 1.82) is 0 Å². The highest BCUT2D eigenvalue weighted by molar-refractivity contribution is 6.08. The predicted molar refractivity (Wildman–Crippen MR) is 526 cm³/mol. The Morgan fingerprint density at radius 2 is 0.452 bits per heavy atom. The molecule has 2 nitrogen and oxygen atoms in total. The summed E-state index contributed by atoms with van der Waals surface area (Å²) in [6.45, 7) is 9.62. The normalized spacial score (nSPS) is 12.6.